The summed E-state index contributed by atoms with van der Waals surface area (Å²) in [4.78, 5) is 33.0. The predicted molar refractivity (Wildman–Crippen MR) is 136 cm³/mol. The Hall–Kier alpha value is -3.67. The second-order valence-electron chi connectivity index (χ2n) is 9.45. The molecule has 1 N–H and O–H groups in total. The number of ether oxygens (including phenoxy) is 1. The number of likely N-dealkylation sites (tertiary alicyclic amines) is 1. The predicted octanol–water partition coefficient (Wildman–Crippen LogP) is 5.38. The van der Waals surface area contributed by atoms with Gasteiger partial charge in [0.15, 0.2) is 6.61 Å². The van der Waals surface area contributed by atoms with Crippen LogP contribution in [0.25, 0.3) is 22.6 Å². The van der Waals surface area contributed by atoms with E-state index in [2.05, 4.69) is 6.08 Å². The third-order valence-corrected chi connectivity index (χ3v) is 7.06. The molecule has 2 aliphatic rings. The molecule has 1 fully saturated rings. The molecule has 180 valence electrons. The number of amides is 1. The van der Waals surface area contributed by atoms with E-state index in [0.29, 0.717) is 5.56 Å². The number of piperidine rings is 1. The third kappa shape index (κ3) is 4.78. The molecule has 2 heterocycles. The van der Waals surface area contributed by atoms with Crippen LogP contribution in [0.3, 0.4) is 0 Å². The summed E-state index contributed by atoms with van der Waals surface area (Å²) in [7, 11) is 0. The summed E-state index contributed by atoms with van der Waals surface area (Å²) in [6.45, 7) is 2.52. The fourth-order valence-electron chi connectivity index (χ4n) is 5.23. The van der Waals surface area contributed by atoms with Crippen molar-refractivity contribution in [2.45, 2.75) is 51.5 Å². The highest BCUT2D eigenvalue weighted by Crippen LogP contribution is 2.36. The fourth-order valence-corrected chi connectivity index (χ4v) is 5.23. The number of aromatic nitrogens is 1. The number of pyridine rings is 1. The molecule has 0 radical (unpaired) electrons. The Bertz CT molecular complexity index is 1300. The number of phenols is 1. The van der Waals surface area contributed by atoms with E-state index in [4.69, 9.17) is 9.72 Å². The second kappa shape index (κ2) is 9.90. The lowest BCUT2D eigenvalue weighted by atomic mass is 9.86. The minimum absolute atomic E-state index is 0.134. The first kappa shape index (κ1) is 23.1. The summed E-state index contributed by atoms with van der Waals surface area (Å²) in [5.41, 5.74) is 4.95. The van der Waals surface area contributed by atoms with Gasteiger partial charge in [0.2, 0.25) is 0 Å². The maximum Gasteiger partial charge on any atom is 0.339 e. The zero-order valence-corrected chi connectivity index (χ0v) is 20.0. The van der Waals surface area contributed by atoms with Crippen LogP contribution in [0, 0.1) is 0 Å². The topological polar surface area (TPSA) is 79.7 Å². The van der Waals surface area contributed by atoms with Crippen molar-refractivity contribution in [1.82, 2.24) is 9.88 Å². The highest BCUT2D eigenvalue weighted by atomic mass is 16.5. The molecule has 6 heteroatoms. The van der Waals surface area contributed by atoms with Crippen LogP contribution in [0.4, 0.5) is 0 Å². The van der Waals surface area contributed by atoms with E-state index in [-0.39, 0.29) is 24.3 Å². The van der Waals surface area contributed by atoms with Crippen molar-refractivity contribution >= 4 is 34.4 Å². The molecule has 0 saturated carbocycles. The number of hydrogen-bond donors (Lipinski definition) is 1. The van der Waals surface area contributed by atoms with E-state index in [1.54, 1.807) is 12.1 Å². The van der Waals surface area contributed by atoms with Gasteiger partial charge in [0.1, 0.15) is 5.75 Å². The maximum atomic E-state index is 13.4. The third-order valence-electron chi connectivity index (χ3n) is 7.06. The summed E-state index contributed by atoms with van der Waals surface area (Å²) in [5, 5.41) is 10.4. The van der Waals surface area contributed by atoms with Gasteiger partial charge in [-0.05, 0) is 86.4 Å². The van der Waals surface area contributed by atoms with E-state index < -0.39 is 5.97 Å². The van der Waals surface area contributed by atoms with Gasteiger partial charge in [-0.3, -0.25) is 4.79 Å². The van der Waals surface area contributed by atoms with Gasteiger partial charge >= 0.3 is 5.97 Å². The molecule has 0 unspecified atom stereocenters. The number of carbonyl (C=O) groups excluding carboxylic acids is 2. The average Bonchev–Trinajstić information content (AvgIpc) is 2.87. The molecule has 6 nitrogen and oxygen atoms in total. The minimum atomic E-state index is -0.469. The number of esters is 1. The Labute approximate surface area is 205 Å². The Morgan fingerprint density at radius 3 is 2.69 bits per heavy atom. The monoisotopic (exact) mass is 470 g/mol. The smallest absolute Gasteiger partial charge is 0.339 e. The molecule has 0 bridgehead atoms. The van der Waals surface area contributed by atoms with Crippen LogP contribution in [-0.2, 0) is 16.0 Å². The molecule has 2 aromatic carbocycles. The summed E-state index contributed by atoms with van der Waals surface area (Å²) < 4.78 is 5.63. The second-order valence-corrected chi connectivity index (χ2v) is 9.45. The molecule has 5 rings (SSSR count). The first-order valence-electron chi connectivity index (χ1n) is 12.4. The molecular weight excluding hydrogens is 440 g/mol. The van der Waals surface area contributed by atoms with E-state index in [1.807, 2.05) is 48.2 Å². The molecule has 1 aromatic heterocycles. The van der Waals surface area contributed by atoms with Gasteiger partial charge < -0.3 is 14.7 Å². The van der Waals surface area contributed by atoms with Crippen molar-refractivity contribution in [3.05, 3.63) is 70.9 Å². The maximum absolute atomic E-state index is 13.4. The van der Waals surface area contributed by atoms with Crippen molar-refractivity contribution in [3.8, 4) is 5.75 Å². The molecule has 1 aliphatic carbocycles. The van der Waals surface area contributed by atoms with Crippen molar-refractivity contribution in [2.24, 2.45) is 0 Å². The highest BCUT2D eigenvalue weighted by Gasteiger charge is 2.28. The van der Waals surface area contributed by atoms with Crippen LogP contribution in [0.1, 0.15) is 66.2 Å². The molecule has 1 atom stereocenters. The van der Waals surface area contributed by atoms with Gasteiger partial charge in [0, 0.05) is 18.0 Å². The highest BCUT2D eigenvalue weighted by molar-refractivity contribution is 6.07. The number of benzene rings is 2. The molecular formula is C29H30N2O4. The normalized spacial score (nSPS) is 18.9. The number of rotatable bonds is 4. The number of allylic oxidation sites excluding steroid dienone is 1. The Kier molecular flexibility index (Phi) is 6.53. The number of fused-ring (bicyclic) bond motifs is 2. The number of phenolic OH excluding ortho intramolecular Hbond substituents is 1. The number of carbonyl (C=O) groups is 2. The van der Waals surface area contributed by atoms with Gasteiger partial charge in [-0.15, -0.1) is 0 Å². The van der Waals surface area contributed by atoms with Gasteiger partial charge in [-0.25, -0.2) is 9.78 Å². The number of hydrogen-bond acceptors (Lipinski definition) is 5. The molecule has 0 spiro atoms. The van der Waals surface area contributed by atoms with Crippen molar-refractivity contribution < 1.29 is 19.4 Å². The minimum Gasteiger partial charge on any atom is -0.508 e. The first-order chi connectivity index (χ1) is 17.0. The number of aromatic hydroxyl groups is 1. The number of para-hydroxylation sites is 1. The molecule has 1 aliphatic heterocycles. The Balaban J connectivity index is 1.49. The molecule has 3 aromatic rings. The molecule has 1 saturated heterocycles. The summed E-state index contributed by atoms with van der Waals surface area (Å²) in [5.74, 6) is -0.381. The van der Waals surface area contributed by atoms with Crippen molar-refractivity contribution in [2.75, 3.05) is 13.2 Å². The van der Waals surface area contributed by atoms with Crippen LogP contribution in [0.5, 0.6) is 5.75 Å². The molecule has 1 amide bonds. The van der Waals surface area contributed by atoms with E-state index in [9.17, 15) is 14.7 Å². The zero-order valence-electron chi connectivity index (χ0n) is 20.0. The average molecular weight is 471 g/mol. The first-order valence-corrected chi connectivity index (χ1v) is 12.4. The lowest BCUT2D eigenvalue weighted by molar-refractivity contribution is -0.137. The van der Waals surface area contributed by atoms with E-state index >= 15 is 0 Å². The quantitative estimate of drug-likeness (QED) is 0.518. The summed E-state index contributed by atoms with van der Waals surface area (Å²) in [6.07, 6.45) is 7.62. The van der Waals surface area contributed by atoms with Crippen molar-refractivity contribution in [3.63, 3.8) is 0 Å². The van der Waals surface area contributed by atoms with Crippen molar-refractivity contribution in [1.29, 1.82) is 0 Å². The largest absolute Gasteiger partial charge is 0.508 e. The molecule has 35 heavy (non-hydrogen) atoms. The lowest BCUT2D eigenvalue weighted by Crippen LogP contribution is -2.44. The summed E-state index contributed by atoms with van der Waals surface area (Å²) in [6, 6.07) is 14.8. The fraction of sp³-hybridized carbons (Fsp3) is 0.345. The SMILES string of the molecule is C[C@@H]1CCCCN1C(=O)COC(=O)c1c2c(nc3ccccc13)/C(=C\c1ccc(O)cc1)CCC2. The van der Waals surface area contributed by atoms with Crippen LogP contribution < -0.4 is 0 Å². The van der Waals surface area contributed by atoms with Crippen LogP contribution >= 0.6 is 0 Å². The standard InChI is InChI=1S/C29H30N2O4/c1-19-7-4-5-16-31(19)26(33)18-35-29(34)27-23-9-2-3-11-25(23)30-28-21(8-6-10-24(27)28)17-20-12-14-22(32)15-13-20/h2-3,9,11-15,17,19,32H,4-8,10,16,18H2,1H3/b21-17-/t19-/m1/s1. The van der Waals surface area contributed by atoms with Gasteiger partial charge in [-0.1, -0.05) is 30.3 Å². The van der Waals surface area contributed by atoms with Gasteiger partial charge in [0.05, 0.1) is 16.8 Å². The Morgan fingerprint density at radius 2 is 1.89 bits per heavy atom. The Morgan fingerprint density at radius 1 is 1.09 bits per heavy atom. The van der Waals surface area contributed by atoms with Crippen LogP contribution in [-0.4, -0.2) is 46.1 Å². The van der Waals surface area contributed by atoms with Crippen LogP contribution in [0.2, 0.25) is 0 Å². The van der Waals surface area contributed by atoms with E-state index in [1.165, 1.54) is 0 Å². The van der Waals surface area contributed by atoms with Crippen LogP contribution in [0.15, 0.2) is 48.5 Å². The van der Waals surface area contributed by atoms with Gasteiger partial charge in [0.25, 0.3) is 5.91 Å². The zero-order chi connectivity index (χ0) is 24.4. The number of nitrogens with zero attached hydrogens (tertiary/aromatic N) is 2. The van der Waals surface area contributed by atoms with Gasteiger partial charge in [-0.2, -0.15) is 0 Å². The van der Waals surface area contributed by atoms with E-state index in [0.717, 1.165) is 78.4 Å². The lowest BCUT2D eigenvalue weighted by Gasteiger charge is -2.33. The summed E-state index contributed by atoms with van der Waals surface area (Å²) >= 11 is 0.